The highest BCUT2D eigenvalue weighted by molar-refractivity contribution is 6.78. The van der Waals surface area contributed by atoms with Crippen LogP contribution in [0.2, 0.25) is 19.1 Å². The molecule has 0 bridgehead atoms. The lowest BCUT2D eigenvalue weighted by Gasteiger charge is -2.10. The van der Waals surface area contributed by atoms with E-state index in [0.717, 1.165) is 12.2 Å². The highest BCUT2D eigenvalue weighted by atomic mass is 28.3. The summed E-state index contributed by atoms with van der Waals surface area (Å²) >= 11 is 0. The summed E-state index contributed by atoms with van der Waals surface area (Å²) in [4.78, 5) is 10.7. The number of carbonyl (C=O) groups excluding carboxylic acids is 1. The molecule has 0 aromatic rings. The van der Waals surface area contributed by atoms with E-state index in [2.05, 4.69) is 18.4 Å². The number of nitrogens with two attached hydrogens (primary N) is 1. The number of primary amides is 1. The summed E-state index contributed by atoms with van der Waals surface area (Å²) in [6.45, 7) is 4.53. The number of hydrogen-bond acceptors (Lipinski definition) is 2. The summed E-state index contributed by atoms with van der Waals surface area (Å²) in [5, 5.41) is 3.13. The molecule has 3 nitrogen and oxygen atoms in total. The highest BCUT2D eigenvalue weighted by Crippen LogP contribution is 2.17. The molecule has 1 amide bonds. The molecular weight excluding hydrogens is 144 g/mol. The van der Waals surface area contributed by atoms with Crippen molar-refractivity contribution in [3.8, 4) is 0 Å². The van der Waals surface area contributed by atoms with Gasteiger partial charge in [0.25, 0.3) is 0 Å². The van der Waals surface area contributed by atoms with Crippen molar-refractivity contribution >= 4 is 14.0 Å². The molecule has 1 unspecified atom stereocenters. The van der Waals surface area contributed by atoms with Crippen molar-refractivity contribution in [1.82, 2.24) is 5.32 Å². The van der Waals surface area contributed by atoms with E-state index in [0.29, 0.717) is 0 Å². The molecule has 1 aliphatic rings. The van der Waals surface area contributed by atoms with E-state index in [1.165, 1.54) is 0 Å². The molecule has 10 heavy (non-hydrogen) atoms. The van der Waals surface area contributed by atoms with Crippen LogP contribution in [0.15, 0.2) is 0 Å². The van der Waals surface area contributed by atoms with Crippen LogP contribution in [0.4, 0.5) is 0 Å². The average Bonchev–Trinajstić information content (AvgIpc) is 2.10. The van der Waals surface area contributed by atoms with E-state index >= 15 is 0 Å². The first-order valence-corrected chi connectivity index (χ1v) is 6.95. The van der Waals surface area contributed by atoms with Crippen molar-refractivity contribution in [3.63, 3.8) is 0 Å². The van der Waals surface area contributed by atoms with E-state index in [9.17, 15) is 4.79 Å². The smallest absolute Gasteiger partial charge is 0.234 e. The summed E-state index contributed by atoms with van der Waals surface area (Å²) in [7, 11) is -1.08. The third-order valence-corrected chi connectivity index (χ3v) is 4.60. The lowest BCUT2D eigenvalue weighted by molar-refractivity contribution is -0.119. The fourth-order valence-electron chi connectivity index (χ4n) is 1.30. The van der Waals surface area contributed by atoms with Crippen molar-refractivity contribution in [2.24, 2.45) is 5.73 Å². The Balaban J connectivity index is 2.51. The Hall–Kier alpha value is -0.353. The van der Waals surface area contributed by atoms with Gasteiger partial charge in [-0.25, -0.2) is 0 Å². The van der Waals surface area contributed by atoms with Crippen molar-refractivity contribution in [1.29, 1.82) is 0 Å². The van der Waals surface area contributed by atoms with Crippen LogP contribution in [-0.2, 0) is 4.79 Å². The van der Waals surface area contributed by atoms with E-state index in [1.807, 2.05) is 0 Å². The second-order valence-electron chi connectivity index (χ2n) is 3.70. The monoisotopic (exact) mass is 158 g/mol. The van der Waals surface area contributed by atoms with Crippen molar-refractivity contribution in [2.75, 3.05) is 6.17 Å². The minimum absolute atomic E-state index is 0.0401. The lowest BCUT2D eigenvalue weighted by atomic mass is 10.3. The number of amides is 1. The van der Waals surface area contributed by atoms with Crippen LogP contribution in [0.3, 0.4) is 0 Å². The van der Waals surface area contributed by atoms with Crippen LogP contribution in [0.5, 0.6) is 0 Å². The topological polar surface area (TPSA) is 55.1 Å². The maximum Gasteiger partial charge on any atom is 0.234 e. The van der Waals surface area contributed by atoms with Gasteiger partial charge in [0.1, 0.15) is 0 Å². The van der Waals surface area contributed by atoms with Gasteiger partial charge in [-0.2, -0.15) is 0 Å². The molecule has 58 valence electrons. The van der Waals surface area contributed by atoms with Gasteiger partial charge in [0.05, 0.1) is 14.1 Å². The normalized spacial score (nSPS) is 30.4. The first-order chi connectivity index (χ1) is 4.51. The van der Waals surface area contributed by atoms with Gasteiger partial charge >= 0.3 is 0 Å². The van der Waals surface area contributed by atoms with Gasteiger partial charge in [0.2, 0.25) is 5.91 Å². The molecule has 0 aliphatic carbocycles. The van der Waals surface area contributed by atoms with Gasteiger partial charge in [-0.15, -0.1) is 0 Å². The molecular formula is C6H14N2OSi. The number of carbonyl (C=O) groups is 1. The maximum absolute atomic E-state index is 10.7. The minimum Gasteiger partial charge on any atom is -0.368 e. The Bertz CT molecular complexity index is 158. The van der Waals surface area contributed by atoms with E-state index in [-0.39, 0.29) is 11.9 Å². The Morgan fingerprint density at radius 3 is 2.50 bits per heavy atom. The fraction of sp³-hybridized carbons (Fsp3) is 0.833. The van der Waals surface area contributed by atoms with Crippen molar-refractivity contribution in [2.45, 2.75) is 25.2 Å². The molecule has 0 radical (unpaired) electrons. The molecule has 0 saturated carbocycles. The number of nitrogens with one attached hydrogen (secondary N) is 1. The Morgan fingerprint density at radius 2 is 2.30 bits per heavy atom. The quantitative estimate of drug-likeness (QED) is 0.514. The van der Waals surface area contributed by atoms with Crippen LogP contribution in [0, 0.1) is 0 Å². The van der Waals surface area contributed by atoms with Gasteiger partial charge in [-0.05, 0) is 12.2 Å². The van der Waals surface area contributed by atoms with Crippen molar-refractivity contribution in [3.05, 3.63) is 0 Å². The van der Waals surface area contributed by atoms with Crippen LogP contribution in [0.25, 0.3) is 0 Å². The Labute approximate surface area is 62.0 Å². The summed E-state index contributed by atoms with van der Waals surface area (Å²) in [5.41, 5.74) is 5.14. The van der Waals surface area contributed by atoms with E-state index in [4.69, 9.17) is 5.73 Å². The zero-order chi connectivity index (χ0) is 7.78. The number of hydrogen-bond donors (Lipinski definition) is 2. The molecule has 0 spiro atoms. The zero-order valence-electron chi connectivity index (χ0n) is 6.48. The molecule has 4 heteroatoms. The first kappa shape index (κ1) is 7.75. The molecule has 1 aliphatic heterocycles. The van der Waals surface area contributed by atoms with Crippen molar-refractivity contribution < 1.29 is 4.79 Å². The van der Waals surface area contributed by atoms with Gasteiger partial charge in [0, 0.05) is 0 Å². The van der Waals surface area contributed by atoms with E-state index in [1.54, 1.807) is 0 Å². The largest absolute Gasteiger partial charge is 0.368 e. The summed E-state index contributed by atoms with van der Waals surface area (Å²) in [6.07, 6.45) is 1.03. The maximum atomic E-state index is 10.7. The molecule has 1 rings (SSSR count). The summed E-state index contributed by atoms with van der Waals surface area (Å²) in [5.74, 6) is -0.196. The van der Waals surface area contributed by atoms with Crippen LogP contribution < -0.4 is 11.1 Å². The van der Waals surface area contributed by atoms with Gasteiger partial charge < -0.3 is 11.1 Å². The molecule has 1 heterocycles. The zero-order valence-corrected chi connectivity index (χ0v) is 7.48. The summed E-state index contributed by atoms with van der Waals surface area (Å²) in [6, 6.07) is 0.962. The van der Waals surface area contributed by atoms with Gasteiger partial charge in [0.15, 0.2) is 0 Å². The van der Waals surface area contributed by atoms with Crippen LogP contribution in [0.1, 0.15) is 0 Å². The highest BCUT2D eigenvalue weighted by Gasteiger charge is 2.34. The molecule has 1 atom stereocenters. The minimum atomic E-state index is -1.08. The number of rotatable bonds is 1. The second-order valence-corrected chi connectivity index (χ2v) is 8.79. The lowest BCUT2D eigenvalue weighted by Crippen LogP contribution is -2.35. The molecule has 1 saturated heterocycles. The Morgan fingerprint density at radius 1 is 1.70 bits per heavy atom. The third kappa shape index (κ3) is 1.57. The molecule has 0 aromatic carbocycles. The van der Waals surface area contributed by atoms with Gasteiger partial charge in [-0.1, -0.05) is 13.1 Å². The van der Waals surface area contributed by atoms with E-state index < -0.39 is 8.07 Å². The predicted molar refractivity (Wildman–Crippen MR) is 43.3 cm³/mol. The molecule has 0 aromatic heterocycles. The SMILES string of the molecule is C[Si]1(C)CNC(C(N)=O)C1. The Kier molecular flexibility index (Phi) is 1.83. The second kappa shape index (κ2) is 2.36. The van der Waals surface area contributed by atoms with Gasteiger partial charge in [-0.3, -0.25) is 4.79 Å². The van der Waals surface area contributed by atoms with Crippen LogP contribution in [-0.4, -0.2) is 26.2 Å². The standard InChI is InChI=1S/C6H14N2OSi/c1-10(2)3-5(6(7)9)8-4-10/h5,8H,3-4H2,1-2H3,(H2,7,9). The first-order valence-electron chi connectivity index (χ1n) is 3.54. The molecule has 1 fully saturated rings. The average molecular weight is 158 g/mol. The third-order valence-electron chi connectivity index (χ3n) is 1.93. The molecule has 3 N–H and O–H groups in total. The predicted octanol–water partition coefficient (Wildman–Crippen LogP) is -0.309. The summed E-state index contributed by atoms with van der Waals surface area (Å²) < 4.78 is 0. The van der Waals surface area contributed by atoms with Crippen LogP contribution >= 0.6 is 0 Å². The fourth-order valence-corrected chi connectivity index (χ4v) is 3.69.